The lowest BCUT2D eigenvalue weighted by Gasteiger charge is -2.41. The van der Waals surface area contributed by atoms with Crippen LogP contribution >= 0.6 is 11.3 Å². The highest BCUT2D eigenvalue weighted by Gasteiger charge is 2.39. The van der Waals surface area contributed by atoms with E-state index < -0.39 is 0 Å². The van der Waals surface area contributed by atoms with Crippen molar-refractivity contribution in [2.75, 3.05) is 0 Å². The molecule has 0 aromatic carbocycles. The molecule has 0 amide bonds. The summed E-state index contributed by atoms with van der Waals surface area (Å²) in [6.07, 6.45) is 17.6. The van der Waals surface area contributed by atoms with Crippen LogP contribution in [0, 0.1) is 36.0 Å². The number of fused-ring (bicyclic) bond motifs is 1. The molecule has 2 unspecified atom stereocenters. The quantitative estimate of drug-likeness (QED) is 0.225. The summed E-state index contributed by atoms with van der Waals surface area (Å²) in [6.45, 7) is 23.8. The first kappa shape index (κ1) is 30.4. The van der Waals surface area contributed by atoms with Crippen LogP contribution in [0.3, 0.4) is 0 Å². The molecule has 35 heavy (non-hydrogen) atoms. The number of hydrogen-bond acceptors (Lipinski definition) is 1. The molecule has 1 aliphatic rings. The Morgan fingerprint density at radius 3 is 1.80 bits per heavy atom. The molecule has 2 atom stereocenters. The topological polar surface area (TPSA) is 0 Å². The van der Waals surface area contributed by atoms with E-state index in [2.05, 4.69) is 81.4 Å². The lowest BCUT2D eigenvalue weighted by molar-refractivity contribution is 0.242. The highest BCUT2D eigenvalue weighted by atomic mass is 32.1. The van der Waals surface area contributed by atoms with Crippen LogP contribution in [0.1, 0.15) is 142 Å². The summed E-state index contributed by atoms with van der Waals surface area (Å²) in [7, 11) is 0. The van der Waals surface area contributed by atoms with Gasteiger partial charge in [-0.3, -0.25) is 0 Å². The summed E-state index contributed by atoms with van der Waals surface area (Å²) < 4.78 is 0. The SMILES string of the molecule is CC(C)=CC1=C(C)c2sc(C)cc2CC1(CCC(C)CCCC(C)C)CCC(C)CCCC(C)C. The summed E-state index contributed by atoms with van der Waals surface area (Å²) in [5, 5.41) is 0. The van der Waals surface area contributed by atoms with Crippen LogP contribution < -0.4 is 0 Å². The molecule has 1 heterocycles. The Morgan fingerprint density at radius 2 is 1.34 bits per heavy atom. The zero-order valence-electron chi connectivity index (χ0n) is 25.2. The van der Waals surface area contributed by atoms with Crippen molar-refractivity contribution in [3.05, 3.63) is 38.6 Å². The van der Waals surface area contributed by atoms with Gasteiger partial charge in [-0.2, -0.15) is 0 Å². The normalized spacial score (nSPS) is 19.9. The average Bonchev–Trinajstić information content (AvgIpc) is 3.13. The molecule has 0 nitrogen and oxygen atoms in total. The van der Waals surface area contributed by atoms with Crippen molar-refractivity contribution in [1.29, 1.82) is 0 Å². The third kappa shape index (κ3) is 9.53. The number of hydrogen-bond donors (Lipinski definition) is 0. The zero-order chi connectivity index (χ0) is 26.2. The van der Waals surface area contributed by atoms with Gasteiger partial charge in [0.05, 0.1) is 0 Å². The van der Waals surface area contributed by atoms with Crippen LogP contribution in [-0.2, 0) is 6.42 Å². The fourth-order valence-electron chi connectivity index (χ4n) is 6.20. The fourth-order valence-corrected chi connectivity index (χ4v) is 7.25. The fraction of sp³-hybridized carbons (Fsp3) is 0.765. The van der Waals surface area contributed by atoms with E-state index in [1.165, 1.54) is 81.1 Å². The molecule has 0 fully saturated rings. The van der Waals surface area contributed by atoms with Gasteiger partial charge in [0, 0.05) is 9.75 Å². The molecule has 0 spiro atoms. The van der Waals surface area contributed by atoms with Gasteiger partial charge in [0.15, 0.2) is 0 Å². The predicted molar refractivity (Wildman–Crippen MR) is 161 cm³/mol. The van der Waals surface area contributed by atoms with E-state index in [4.69, 9.17) is 0 Å². The van der Waals surface area contributed by atoms with Crippen LogP contribution in [0.15, 0.2) is 23.3 Å². The van der Waals surface area contributed by atoms with Gasteiger partial charge in [-0.25, -0.2) is 0 Å². The molecule has 1 aromatic heterocycles. The van der Waals surface area contributed by atoms with Gasteiger partial charge in [0.25, 0.3) is 0 Å². The summed E-state index contributed by atoms with van der Waals surface area (Å²) >= 11 is 2.02. The largest absolute Gasteiger partial charge is 0.141 e. The highest BCUT2D eigenvalue weighted by molar-refractivity contribution is 7.13. The Labute approximate surface area is 224 Å². The van der Waals surface area contributed by atoms with E-state index in [1.807, 2.05) is 11.3 Å². The molecule has 0 aliphatic heterocycles. The van der Waals surface area contributed by atoms with E-state index in [1.54, 1.807) is 21.6 Å². The number of thiophene rings is 1. The summed E-state index contributed by atoms with van der Waals surface area (Å²) in [4.78, 5) is 3.05. The van der Waals surface area contributed by atoms with Crippen molar-refractivity contribution in [1.82, 2.24) is 0 Å². The summed E-state index contributed by atoms with van der Waals surface area (Å²) in [5.74, 6) is 3.32. The van der Waals surface area contributed by atoms with Crippen molar-refractivity contribution in [2.24, 2.45) is 29.1 Å². The monoisotopic (exact) mass is 498 g/mol. The standard InChI is InChI=1S/C34H58S/c1-24(2)13-11-15-27(7)17-19-34(20-18-28(8)16-12-14-25(3)4)23-31-22-29(9)35-33(31)30(10)32(34)21-26(5)6/h21-22,24-25,27-28H,11-20,23H2,1-10H3. The van der Waals surface area contributed by atoms with Crippen LogP contribution in [-0.4, -0.2) is 0 Å². The highest BCUT2D eigenvalue weighted by Crippen LogP contribution is 2.52. The smallest absolute Gasteiger partial charge is 0.0337 e. The molecule has 1 heteroatoms. The third-order valence-corrected chi connectivity index (χ3v) is 9.61. The molecule has 200 valence electrons. The molecule has 0 saturated heterocycles. The second-order valence-corrected chi connectivity index (χ2v) is 14.6. The first-order valence-electron chi connectivity index (χ1n) is 14.9. The van der Waals surface area contributed by atoms with Crippen molar-refractivity contribution in [3.63, 3.8) is 0 Å². The molecule has 0 radical (unpaired) electrons. The van der Waals surface area contributed by atoms with Crippen LogP contribution in [0.2, 0.25) is 0 Å². The van der Waals surface area contributed by atoms with Gasteiger partial charge < -0.3 is 0 Å². The van der Waals surface area contributed by atoms with Gasteiger partial charge in [-0.05, 0) is 112 Å². The Hall–Kier alpha value is -0.820. The van der Waals surface area contributed by atoms with Gasteiger partial charge >= 0.3 is 0 Å². The number of aryl methyl sites for hydroxylation is 1. The van der Waals surface area contributed by atoms with Gasteiger partial charge in [-0.15, -0.1) is 11.3 Å². The Kier molecular flexibility index (Phi) is 12.3. The first-order valence-corrected chi connectivity index (χ1v) is 15.7. The lowest BCUT2D eigenvalue weighted by Crippen LogP contribution is -2.31. The van der Waals surface area contributed by atoms with Crippen molar-refractivity contribution in [3.8, 4) is 0 Å². The molecule has 0 saturated carbocycles. The molecular formula is C34H58S. The summed E-state index contributed by atoms with van der Waals surface area (Å²) in [5.41, 5.74) is 6.65. The molecule has 1 aliphatic carbocycles. The minimum Gasteiger partial charge on any atom is -0.141 e. The van der Waals surface area contributed by atoms with Crippen molar-refractivity contribution < 1.29 is 0 Å². The van der Waals surface area contributed by atoms with Crippen LogP contribution in [0.5, 0.6) is 0 Å². The van der Waals surface area contributed by atoms with Gasteiger partial charge in [0.2, 0.25) is 0 Å². The lowest BCUT2D eigenvalue weighted by atomic mass is 9.63. The Balaban J connectivity index is 2.28. The minimum absolute atomic E-state index is 0.306. The molecule has 0 bridgehead atoms. The molecular weight excluding hydrogens is 440 g/mol. The van der Waals surface area contributed by atoms with Crippen LogP contribution in [0.25, 0.3) is 5.57 Å². The number of rotatable bonds is 15. The molecule has 1 aromatic rings. The second kappa shape index (κ2) is 14.2. The maximum Gasteiger partial charge on any atom is 0.0337 e. The van der Waals surface area contributed by atoms with E-state index in [9.17, 15) is 0 Å². The Morgan fingerprint density at radius 1 is 0.829 bits per heavy atom. The Bertz CT molecular complexity index is 803. The van der Waals surface area contributed by atoms with Crippen molar-refractivity contribution >= 4 is 16.9 Å². The van der Waals surface area contributed by atoms with E-state index in [0.29, 0.717) is 5.41 Å². The second-order valence-electron chi connectivity index (χ2n) is 13.4. The van der Waals surface area contributed by atoms with E-state index >= 15 is 0 Å². The summed E-state index contributed by atoms with van der Waals surface area (Å²) in [6, 6.07) is 2.51. The van der Waals surface area contributed by atoms with Crippen LogP contribution in [0.4, 0.5) is 0 Å². The average molecular weight is 499 g/mol. The van der Waals surface area contributed by atoms with E-state index in [-0.39, 0.29) is 0 Å². The number of allylic oxidation sites excluding steroid dienone is 4. The van der Waals surface area contributed by atoms with Gasteiger partial charge in [0.1, 0.15) is 0 Å². The van der Waals surface area contributed by atoms with Gasteiger partial charge in [-0.1, -0.05) is 91.7 Å². The maximum atomic E-state index is 2.57. The predicted octanol–water partition coefficient (Wildman–Crippen LogP) is 11.8. The first-order chi connectivity index (χ1) is 16.4. The maximum absolute atomic E-state index is 2.57. The third-order valence-electron chi connectivity index (χ3n) is 8.40. The minimum atomic E-state index is 0.306. The van der Waals surface area contributed by atoms with Crippen molar-refractivity contribution in [2.45, 2.75) is 140 Å². The zero-order valence-corrected chi connectivity index (χ0v) is 26.0. The molecule has 2 rings (SSSR count). The van der Waals surface area contributed by atoms with E-state index in [0.717, 1.165) is 23.7 Å². The molecule has 0 N–H and O–H groups in total.